The quantitative estimate of drug-likeness (QED) is 0.437. The first-order valence-electron chi connectivity index (χ1n) is 11.3. The first-order valence-corrected chi connectivity index (χ1v) is 11.3. The number of nitrogens with one attached hydrogen (secondary N) is 2. The second kappa shape index (κ2) is 21.0. The van der Waals surface area contributed by atoms with Gasteiger partial charge in [-0.25, -0.2) is 0 Å². The largest absolute Gasteiger partial charge is 0.471 e. The van der Waals surface area contributed by atoms with Gasteiger partial charge in [-0.15, -0.1) is 6.58 Å². The first kappa shape index (κ1) is 38.7. The number of hydrogen-bond donors (Lipinski definition) is 2. The van der Waals surface area contributed by atoms with Crippen LogP contribution in [0.1, 0.15) is 69.2 Å². The van der Waals surface area contributed by atoms with Gasteiger partial charge in [-0.05, 0) is 31.1 Å². The average Bonchev–Trinajstić information content (AvgIpc) is 3.00. The maximum Gasteiger partial charge on any atom is 0.471 e. The fraction of sp³-hybridized carbons (Fsp3) is 0.750. The molecular weight excluding hydrogens is 449 g/mol. The van der Waals surface area contributed by atoms with Crippen LogP contribution in [0.2, 0.25) is 0 Å². The Balaban J connectivity index is -0.000000231. The van der Waals surface area contributed by atoms with Crippen molar-refractivity contribution < 1.29 is 27.6 Å². The lowest BCUT2D eigenvalue weighted by molar-refractivity contribution is -0.174. The zero-order chi connectivity index (χ0) is 28.1. The molecule has 1 heterocycles. The third-order valence-corrected chi connectivity index (χ3v) is 3.95. The fourth-order valence-corrected chi connectivity index (χ4v) is 1.99. The van der Waals surface area contributed by atoms with E-state index in [1.165, 1.54) is 4.90 Å². The predicted molar refractivity (Wildman–Crippen MR) is 131 cm³/mol. The summed E-state index contributed by atoms with van der Waals surface area (Å²) in [5.41, 5.74) is -0.0519. The lowest BCUT2D eigenvalue weighted by Gasteiger charge is -2.22. The molecule has 0 radical (unpaired) electrons. The molecule has 34 heavy (non-hydrogen) atoms. The maximum atomic E-state index is 11.9. The predicted octanol–water partition coefficient (Wildman–Crippen LogP) is 4.69. The van der Waals surface area contributed by atoms with E-state index in [0.29, 0.717) is 19.5 Å². The summed E-state index contributed by atoms with van der Waals surface area (Å²) in [6.07, 6.45) is -2.69. The van der Waals surface area contributed by atoms with Crippen molar-refractivity contribution in [3.8, 4) is 6.07 Å². The molecule has 0 aromatic rings. The van der Waals surface area contributed by atoms with Crippen LogP contribution in [0.15, 0.2) is 12.7 Å². The van der Waals surface area contributed by atoms with Crippen molar-refractivity contribution >= 4 is 18.2 Å². The van der Waals surface area contributed by atoms with Gasteiger partial charge in [-0.1, -0.05) is 61.5 Å². The third-order valence-electron chi connectivity index (χ3n) is 3.95. The molecule has 3 amide bonds. The van der Waals surface area contributed by atoms with Crippen LogP contribution in [0, 0.1) is 28.6 Å². The Hall–Kier alpha value is -2.57. The topological polar surface area (TPSA) is 102 Å². The summed E-state index contributed by atoms with van der Waals surface area (Å²) in [6.45, 7) is 23.7. The second-order valence-electron chi connectivity index (χ2n) is 8.62. The van der Waals surface area contributed by atoms with Crippen molar-refractivity contribution in [3.63, 3.8) is 0 Å². The molecule has 0 aromatic heterocycles. The molecule has 2 N–H and O–H groups in total. The van der Waals surface area contributed by atoms with E-state index in [1.54, 1.807) is 18.3 Å². The molecule has 7 nitrogen and oxygen atoms in total. The van der Waals surface area contributed by atoms with Crippen molar-refractivity contribution in [2.24, 2.45) is 17.3 Å². The smallest absolute Gasteiger partial charge is 0.343 e. The van der Waals surface area contributed by atoms with Gasteiger partial charge >= 0.3 is 12.1 Å². The van der Waals surface area contributed by atoms with Gasteiger partial charge in [0.25, 0.3) is 0 Å². The molecule has 0 bridgehead atoms. The van der Waals surface area contributed by atoms with Crippen LogP contribution in [0.3, 0.4) is 0 Å². The van der Waals surface area contributed by atoms with Gasteiger partial charge in [-0.2, -0.15) is 18.4 Å². The summed E-state index contributed by atoms with van der Waals surface area (Å²) in [6, 6.07) is 1.46. The Labute approximate surface area is 204 Å². The van der Waals surface area contributed by atoms with E-state index < -0.39 is 24.5 Å². The van der Waals surface area contributed by atoms with E-state index in [0.717, 1.165) is 5.92 Å². The van der Waals surface area contributed by atoms with Gasteiger partial charge in [0, 0.05) is 13.1 Å². The molecule has 1 aliphatic heterocycles. The van der Waals surface area contributed by atoms with Crippen molar-refractivity contribution in [2.75, 3.05) is 19.6 Å². The Morgan fingerprint density at radius 3 is 1.88 bits per heavy atom. The number of allylic oxidation sites excluding steroid dienone is 1. The van der Waals surface area contributed by atoms with Crippen LogP contribution in [0.4, 0.5) is 13.2 Å². The standard InChI is InChI=1S/C11H17F3N2O2.C4H6N2O.C4H10.C3H6.C2H6/c1-7-5-16(6-10(7,2)3)8(17)4-15-9(18)11(12,13)14;1-4(2-5)6-3-7;1-4(2)3;1-3-2;1-2/h7H,4-6H2,1-3H3,(H,15,18);3-4H,1H3,(H,6,7);4H,1-3H3;3H,1H2,2H3;1-2H3/t7-;;;;/m0..../s1. The summed E-state index contributed by atoms with van der Waals surface area (Å²) < 4.78 is 35.8. The summed E-state index contributed by atoms with van der Waals surface area (Å²) in [5.74, 6) is -1.45. The first-order chi connectivity index (χ1) is 15.5. The van der Waals surface area contributed by atoms with Crippen LogP contribution >= 0.6 is 0 Å². The van der Waals surface area contributed by atoms with E-state index >= 15 is 0 Å². The number of likely N-dealkylation sites (tertiary alicyclic amines) is 1. The molecular formula is C24H45F3N4O3. The molecule has 0 spiro atoms. The van der Waals surface area contributed by atoms with Gasteiger partial charge in [-0.3, -0.25) is 14.4 Å². The highest BCUT2D eigenvalue weighted by Crippen LogP contribution is 2.34. The highest BCUT2D eigenvalue weighted by atomic mass is 19.4. The van der Waals surface area contributed by atoms with Gasteiger partial charge in [0.1, 0.15) is 6.04 Å². The van der Waals surface area contributed by atoms with Gasteiger partial charge in [0.15, 0.2) is 0 Å². The molecule has 10 heteroatoms. The lowest BCUT2D eigenvalue weighted by Crippen LogP contribution is -2.44. The number of nitrogens with zero attached hydrogens (tertiary/aromatic N) is 2. The summed E-state index contributed by atoms with van der Waals surface area (Å²) >= 11 is 0. The monoisotopic (exact) mass is 494 g/mol. The highest BCUT2D eigenvalue weighted by Gasteiger charge is 2.41. The van der Waals surface area contributed by atoms with Crippen molar-refractivity contribution in [2.45, 2.75) is 81.5 Å². The van der Waals surface area contributed by atoms with E-state index in [1.807, 2.05) is 47.6 Å². The molecule has 200 valence electrons. The zero-order valence-electron chi connectivity index (χ0n) is 22.5. The minimum atomic E-state index is -4.95. The summed E-state index contributed by atoms with van der Waals surface area (Å²) in [7, 11) is 0. The van der Waals surface area contributed by atoms with Crippen LogP contribution in [0.5, 0.6) is 0 Å². The van der Waals surface area contributed by atoms with E-state index in [4.69, 9.17) is 5.26 Å². The maximum absolute atomic E-state index is 11.9. The average molecular weight is 495 g/mol. The molecule has 1 aliphatic rings. The van der Waals surface area contributed by atoms with Gasteiger partial charge in [0.2, 0.25) is 12.3 Å². The molecule has 1 fully saturated rings. The second-order valence-corrected chi connectivity index (χ2v) is 8.62. The zero-order valence-corrected chi connectivity index (χ0v) is 22.5. The minimum Gasteiger partial charge on any atom is -0.343 e. The molecule has 0 aliphatic carbocycles. The fourth-order valence-electron chi connectivity index (χ4n) is 1.99. The molecule has 1 saturated heterocycles. The van der Waals surface area contributed by atoms with Crippen molar-refractivity contribution in [1.29, 1.82) is 5.26 Å². The number of amides is 3. The van der Waals surface area contributed by atoms with E-state index in [-0.39, 0.29) is 17.4 Å². The van der Waals surface area contributed by atoms with Crippen LogP contribution in [-0.2, 0) is 14.4 Å². The van der Waals surface area contributed by atoms with E-state index in [2.05, 4.69) is 32.7 Å². The number of halogens is 3. The molecule has 0 aromatic carbocycles. The van der Waals surface area contributed by atoms with Gasteiger partial charge < -0.3 is 15.5 Å². The Bertz CT molecular complexity index is 613. The summed E-state index contributed by atoms with van der Waals surface area (Å²) in [4.78, 5) is 33.2. The molecule has 2 atom stereocenters. The Morgan fingerprint density at radius 1 is 1.24 bits per heavy atom. The van der Waals surface area contributed by atoms with Crippen molar-refractivity contribution in [3.05, 3.63) is 12.7 Å². The number of rotatable bonds is 4. The SMILES string of the molecule is C=CC.CC.CC(C#N)NC=O.CC(C)C.C[C@H]1CN(C(=O)CNC(=O)C(F)(F)F)CC1(C)C. The van der Waals surface area contributed by atoms with E-state index in [9.17, 15) is 27.6 Å². The van der Waals surface area contributed by atoms with Gasteiger partial charge in [0.05, 0.1) is 12.6 Å². The Morgan fingerprint density at radius 2 is 1.65 bits per heavy atom. The number of carbonyl (C=O) groups excluding carboxylic acids is 3. The van der Waals surface area contributed by atoms with Crippen LogP contribution < -0.4 is 10.6 Å². The number of alkyl halides is 3. The number of hydrogen-bond acceptors (Lipinski definition) is 4. The van der Waals surface area contributed by atoms with Crippen LogP contribution in [-0.4, -0.2) is 55.0 Å². The lowest BCUT2D eigenvalue weighted by atomic mass is 9.84. The van der Waals surface area contributed by atoms with Crippen LogP contribution in [0.25, 0.3) is 0 Å². The molecule has 1 rings (SSSR count). The third kappa shape index (κ3) is 22.6. The normalized spacial score (nSPS) is 16.1. The number of carbonyl (C=O) groups is 3. The minimum absolute atomic E-state index is 0.0519. The van der Waals surface area contributed by atoms with Crippen molar-refractivity contribution in [1.82, 2.24) is 15.5 Å². The highest BCUT2D eigenvalue weighted by molar-refractivity contribution is 5.87. The Kier molecular flexibility index (Phi) is 23.9. The summed E-state index contributed by atoms with van der Waals surface area (Å²) in [5, 5.41) is 11.8. The molecule has 0 saturated carbocycles. The number of nitriles is 1. The molecule has 1 unspecified atom stereocenters.